The van der Waals surface area contributed by atoms with Crippen molar-refractivity contribution in [3.8, 4) is 17.4 Å². The standard InChI is InChI=1S/C21H20FN3O3/c22-18-11-15(3-7-19(18)26)12-24-10-9-14-1-5-17(6-2-14)28-20-8-4-16(13-25-20)21(23)27/h1-8,11,13,24,26H,9-10,12H2,(H2,23,27). The summed E-state index contributed by atoms with van der Waals surface area (Å²) in [6.45, 7) is 1.24. The highest BCUT2D eigenvalue weighted by molar-refractivity contribution is 5.92. The topological polar surface area (TPSA) is 97.5 Å². The predicted molar refractivity (Wildman–Crippen MR) is 103 cm³/mol. The molecule has 0 saturated carbocycles. The molecule has 3 aromatic rings. The number of nitrogens with zero attached hydrogens (tertiary/aromatic N) is 1. The fourth-order valence-electron chi connectivity index (χ4n) is 2.56. The summed E-state index contributed by atoms with van der Waals surface area (Å²) in [5.74, 6) is -0.484. The summed E-state index contributed by atoms with van der Waals surface area (Å²) in [5.41, 5.74) is 7.39. The number of carbonyl (C=O) groups is 1. The second-order valence-corrected chi connectivity index (χ2v) is 6.21. The third-order valence-corrected chi connectivity index (χ3v) is 4.10. The maximum absolute atomic E-state index is 13.3. The van der Waals surface area contributed by atoms with E-state index in [0.717, 1.165) is 24.1 Å². The molecule has 0 atom stereocenters. The molecule has 0 bridgehead atoms. The molecule has 0 saturated heterocycles. The lowest BCUT2D eigenvalue weighted by atomic mass is 10.1. The van der Waals surface area contributed by atoms with Gasteiger partial charge in [-0.3, -0.25) is 4.79 Å². The van der Waals surface area contributed by atoms with E-state index in [1.807, 2.05) is 24.3 Å². The molecular weight excluding hydrogens is 361 g/mol. The first-order valence-electron chi connectivity index (χ1n) is 8.72. The third kappa shape index (κ3) is 5.28. The molecule has 144 valence electrons. The minimum Gasteiger partial charge on any atom is -0.505 e. The van der Waals surface area contributed by atoms with Crippen LogP contribution < -0.4 is 15.8 Å². The second kappa shape index (κ2) is 8.96. The molecule has 7 heteroatoms. The van der Waals surface area contributed by atoms with Gasteiger partial charge in [0.1, 0.15) is 5.75 Å². The zero-order valence-corrected chi connectivity index (χ0v) is 15.1. The zero-order valence-electron chi connectivity index (χ0n) is 15.1. The van der Waals surface area contributed by atoms with Crippen LogP contribution >= 0.6 is 0 Å². The van der Waals surface area contributed by atoms with E-state index < -0.39 is 11.7 Å². The van der Waals surface area contributed by atoms with Crippen molar-refractivity contribution in [1.29, 1.82) is 0 Å². The number of carbonyl (C=O) groups excluding carboxylic acids is 1. The van der Waals surface area contributed by atoms with Gasteiger partial charge >= 0.3 is 0 Å². The minimum absolute atomic E-state index is 0.324. The normalized spacial score (nSPS) is 10.6. The Labute approximate surface area is 161 Å². The molecule has 0 aliphatic carbocycles. The largest absolute Gasteiger partial charge is 0.505 e. The van der Waals surface area contributed by atoms with Gasteiger partial charge in [0.05, 0.1) is 5.56 Å². The fraction of sp³-hybridized carbons (Fsp3) is 0.143. The van der Waals surface area contributed by atoms with Crippen LogP contribution in [0.25, 0.3) is 0 Å². The number of nitrogens with two attached hydrogens (primary N) is 1. The number of phenols is 1. The number of ether oxygens (including phenoxy) is 1. The number of nitrogens with one attached hydrogen (secondary N) is 1. The van der Waals surface area contributed by atoms with Gasteiger partial charge in [-0.15, -0.1) is 0 Å². The third-order valence-electron chi connectivity index (χ3n) is 4.10. The highest BCUT2D eigenvalue weighted by Gasteiger charge is 2.04. The Bertz CT molecular complexity index is 944. The molecule has 0 fully saturated rings. The highest BCUT2D eigenvalue weighted by Crippen LogP contribution is 2.20. The van der Waals surface area contributed by atoms with Crippen molar-refractivity contribution in [3.63, 3.8) is 0 Å². The number of hydrogen-bond donors (Lipinski definition) is 3. The summed E-state index contributed by atoms with van der Waals surface area (Å²) in [6, 6.07) is 15.1. The molecule has 1 aromatic heterocycles. The summed E-state index contributed by atoms with van der Waals surface area (Å²) >= 11 is 0. The number of aromatic hydroxyl groups is 1. The van der Waals surface area contributed by atoms with E-state index >= 15 is 0 Å². The van der Waals surface area contributed by atoms with E-state index in [1.54, 1.807) is 18.2 Å². The molecule has 0 aliphatic rings. The van der Waals surface area contributed by atoms with Gasteiger partial charge in [0.25, 0.3) is 0 Å². The van der Waals surface area contributed by atoms with Crippen molar-refractivity contribution in [3.05, 3.63) is 83.3 Å². The van der Waals surface area contributed by atoms with Gasteiger partial charge < -0.3 is 20.9 Å². The first-order valence-corrected chi connectivity index (χ1v) is 8.72. The van der Waals surface area contributed by atoms with E-state index in [2.05, 4.69) is 10.3 Å². The summed E-state index contributed by atoms with van der Waals surface area (Å²) < 4.78 is 18.9. The molecule has 6 nitrogen and oxygen atoms in total. The number of primary amides is 1. The van der Waals surface area contributed by atoms with Crippen LogP contribution in [-0.2, 0) is 13.0 Å². The Kier molecular flexibility index (Phi) is 6.18. The summed E-state index contributed by atoms with van der Waals surface area (Å²) in [6.07, 6.45) is 2.17. The Morgan fingerprint density at radius 3 is 2.50 bits per heavy atom. The Morgan fingerprint density at radius 2 is 1.86 bits per heavy atom. The quantitative estimate of drug-likeness (QED) is 0.521. The average molecular weight is 381 g/mol. The van der Waals surface area contributed by atoms with Gasteiger partial charge in [-0.2, -0.15) is 0 Å². The number of hydrogen-bond acceptors (Lipinski definition) is 5. The minimum atomic E-state index is -0.617. The number of rotatable bonds is 8. The molecule has 0 unspecified atom stereocenters. The van der Waals surface area contributed by atoms with Crippen LogP contribution in [0.1, 0.15) is 21.5 Å². The lowest BCUT2D eigenvalue weighted by Crippen LogP contribution is -2.16. The number of aromatic nitrogens is 1. The van der Waals surface area contributed by atoms with E-state index in [0.29, 0.717) is 23.7 Å². The number of amides is 1. The van der Waals surface area contributed by atoms with Crippen LogP contribution in [0.2, 0.25) is 0 Å². The molecule has 0 aliphatic heterocycles. The van der Waals surface area contributed by atoms with Gasteiger partial charge in [-0.25, -0.2) is 9.37 Å². The van der Waals surface area contributed by atoms with Crippen molar-refractivity contribution < 1.29 is 19.0 Å². The maximum atomic E-state index is 13.3. The molecule has 28 heavy (non-hydrogen) atoms. The maximum Gasteiger partial charge on any atom is 0.250 e. The first-order chi connectivity index (χ1) is 13.5. The van der Waals surface area contributed by atoms with Gasteiger partial charge in [0.2, 0.25) is 11.8 Å². The summed E-state index contributed by atoms with van der Waals surface area (Å²) in [4.78, 5) is 15.1. The van der Waals surface area contributed by atoms with Crippen LogP contribution in [0, 0.1) is 5.82 Å². The molecule has 0 spiro atoms. The van der Waals surface area contributed by atoms with Crippen molar-refractivity contribution in [2.45, 2.75) is 13.0 Å². The second-order valence-electron chi connectivity index (χ2n) is 6.21. The average Bonchev–Trinajstić information content (AvgIpc) is 2.69. The van der Waals surface area contributed by atoms with Crippen molar-refractivity contribution in [2.24, 2.45) is 5.73 Å². The van der Waals surface area contributed by atoms with Crippen molar-refractivity contribution >= 4 is 5.91 Å². The molecule has 0 radical (unpaired) electrons. The van der Waals surface area contributed by atoms with Gasteiger partial charge in [-0.05, 0) is 54.4 Å². The predicted octanol–water partition coefficient (Wildman–Crippen LogP) is 3.15. The number of halogens is 1. The van der Waals surface area contributed by atoms with Gasteiger partial charge in [-0.1, -0.05) is 18.2 Å². The molecule has 4 N–H and O–H groups in total. The van der Waals surface area contributed by atoms with Gasteiger partial charge in [0.15, 0.2) is 11.6 Å². The molecule has 2 aromatic carbocycles. The molecule has 1 amide bonds. The van der Waals surface area contributed by atoms with Gasteiger partial charge in [0, 0.05) is 18.8 Å². The molecule has 1 heterocycles. The molecule has 3 rings (SSSR count). The van der Waals surface area contributed by atoms with E-state index in [4.69, 9.17) is 10.5 Å². The lowest BCUT2D eigenvalue weighted by molar-refractivity contribution is 0.1000. The Balaban J connectivity index is 1.46. The van der Waals surface area contributed by atoms with Crippen molar-refractivity contribution in [1.82, 2.24) is 10.3 Å². The monoisotopic (exact) mass is 381 g/mol. The van der Waals surface area contributed by atoms with E-state index in [1.165, 1.54) is 18.3 Å². The highest BCUT2D eigenvalue weighted by atomic mass is 19.1. The van der Waals surface area contributed by atoms with Crippen LogP contribution in [0.4, 0.5) is 4.39 Å². The lowest BCUT2D eigenvalue weighted by Gasteiger charge is -2.08. The fourth-order valence-corrected chi connectivity index (χ4v) is 2.56. The summed E-state index contributed by atoms with van der Waals surface area (Å²) in [5, 5.41) is 12.4. The Morgan fingerprint density at radius 1 is 1.11 bits per heavy atom. The number of pyridine rings is 1. The van der Waals surface area contributed by atoms with Crippen LogP contribution in [0.5, 0.6) is 17.4 Å². The van der Waals surface area contributed by atoms with Crippen LogP contribution in [-0.4, -0.2) is 22.5 Å². The Hall–Kier alpha value is -3.45. The van der Waals surface area contributed by atoms with Crippen molar-refractivity contribution in [2.75, 3.05) is 6.54 Å². The number of benzene rings is 2. The van der Waals surface area contributed by atoms with Crippen LogP contribution in [0.15, 0.2) is 60.8 Å². The van der Waals surface area contributed by atoms with E-state index in [9.17, 15) is 14.3 Å². The molecular formula is C21H20FN3O3. The van der Waals surface area contributed by atoms with E-state index in [-0.39, 0.29) is 5.75 Å². The number of phenolic OH excluding ortho intramolecular Hbond substituents is 1. The SMILES string of the molecule is NC(=O)c1ccc(Oc2ccc(CCNCc3ccc(O)c(F)c3)cc2)nc1. The first kappa shape index (κ1) is 19.3. The zero-order chi connectivity index (χ0) is 19.9. The smallest absolute Gasteiger partial charge is 0.250 e. The summed E-state index contributed by atoms with van der Waals surface area (Å²) in [7, 11) is 0. The van der Waals surface area contributed by atoms with Crippen LogP contribution in [0.3, 0.4) is 0 Å².